The first kappa shape index (κ1) is 10.4. The Morgan fingerprint density at radius 1 is 1.21 bits per heavy atom. The van der Waals surface area contributed by atoms with Crippen molar-refractivity contribution in [3.8, 4) is 0 Å². The lowest BCUT2D eigenvalue weighted by Crippen LogP contribution is -2.40. The van der Waals surface area contributed by atoms with Crippen LogP contribution in [0.2, 0.25) is 0 Å². The number of hydrogen-bond acceptors (Lipinski definition) is 3. The molecule has 0 amide bonds. The lowest BCUT2D eigenvalue weighted by Gasteiger charge is -2.31. The van der Waals surface area contributed by atoms with Crippen molar-refractivity contribution in [1.29, 1.82) is 0 Å². The van der Waals surface area contributed by atoms with Gasteiger partial charge in [-0.15, -0.1) is 0 Å². The van der Waals surface area contributed by atoms with Gasteiger partial charge in [0.15, 0.2) is 0 Å². The van der Waals surface area contributed by atoms with E-state index in [1.165, 1.54) is 25.7 Å². The van der Waals surface area contributed by atoms with E-state index in [9.17, 15) is 5.11 Å². The van der Waals surface area contributed by atoms with Crippen molar-refractivity contribution in [3.05, 3.63) is 0 Å². The molecular formula is C11H22N2O. The van der Waals surface area contributed by atoms with E-state index in [0.29, 0.717) is 12.0 Å². The Kier molecular flexibility index (Phi) is 3.42. The summed E-state index contributed by atoms with van der Waals surface area (Å²) in [6, 6.07) is 0.404. The molecule has 3 atom stereocenters. The average molecular weight is 198 g/mol. The van der Waals surface area contributed by atoms with Crippen molar-refractivity contribution in [2.24, 2.45) is 11.7 Å². The highest BCUT2D eigenvalue weighted by Gasteiger charge is 2.27. The summed E-state index contributed by atoms with van der Waals surface area (Å²) in [6.07, 6.45) is 5.99. The van der Waals surface area contributed by atoms with Crippen LogP contribution in [-0.4, -0.2) is 41.8 Å². The molecule has 1 aliphatic carbocycles. The van der Waals surface area contributed by atoms with Crippen LogP contribution >= 0.6 is 0 Å². The highest BCUT2D eigenvalue weighted by atomic mass is 16.3. The van der Waals surface area contributed by atoms with Crippen LogP contribution in [0.25, 0.3) is 0 Å². The van der Waals surface area contributed by atoms with Crippen LogP contribution in [0, 0.1) is 5.92 Å². The molecule has 3 nitrogen and oxygen atoms in total. The van der Waals surface area contributed by atoms with Crippen molar-refractivity contribution < 1.29 is 5.11 Å². The molecule has 0 aromatic carbocycles. The van der Waals surface area contributed by atoms with E-state index in [0.717, 1.165) is 26.1 Å². The van der Waals surface area contributed by atoms with Crippen LogP contribution < -0.4 is 5.73 Å². The van der Waals surface area contributed by atoms with Crippen LogP contribution in [0.4, 0.5) is 0 Å². The molecule has 14 heavy (non-hydrogen) atoms. The molecule has 0 bridgehead atoms. The molecular weight excluding hydrogens is 176 g/mol. The maximum atomic E-state index is 9.42. The predicted octanol–water partition coefficient (Wildman–Crippen LogP) is 0.570. The fraction of sp³-hybridized carbons (Fsp3) is 1.00. The van der Waals surface area contributed by atoms with E-state index < -0.39 is 0 Å². The summed E-state index contributed by atoms with van der Waals surface area (Å²) >= 11 is 0. The summed E-state index contributed by atoms with van der Waals surface area (Å²) in [6.45, 7) is 3.03. The third-order valence-corrected chi connectivity index (χ3v) is 3.71. The van der Waals surface area contributed by atoms with E-state index in [-0.39, 0.29) is 6.10 Å². The zero-order chi connectivity index (χ0) is 9.97. The van der Waals surface area contributed by atoms with Gasteiger partial charge < -0.3 is 15.7 Å². The fourth-order valence-corrected chi connectivity index (χ4v) is 2.77. The number of nitrogens with two attached hydrogens (primary N) is 1. The zero-order valence-electron chi connectivity index (χ0n) is 8.86. The second-order valence-corrected chi connectivity index (χ2v) is 4.91. The fourth-order valence-electron chi connectivity index (χ4n) is 2.77. The smallest absolute Gasteiger partial charge is 0.0679 e. The van der Waals surface area contributed by atoms with E-state index >= 15 is 0 Å². The average Bonchev–Trinajstić information content (AvgIpc) is 2.56. The van der Waals surface area contributed by atoms with Gasteiger partial charge in [-0.2, -0.15) is 0 Å². The highest BCUT2D eigenvalue weighted by molar-refractivity contribution is 4.83. The van der Waals surface area contributed by atoms with Gasteiger partial charge in [0.2, 0.25) is 0 Å². The number of hydrogen-bond donors (Lipinski definition) is 2. The highest BCUT2D eigenvalue weighted by Crippen LogP contribution is 2.24. The van der Waals surface area contributed by atoms with Crippen LogP contribution in [-0.2, 0) is 0 Å². The molecule has 2 rings (SSSR count). The Labute approximate surface area is 86.3 Å². The number of aliphatic hydroxyl groups is 1. The van der Waals surface area contributed by atoms with E-state index in [1.54, 1.807) is 0 Å². The first-order chi connectivity index (χ1) is 6.75. The quantitative estimate of drug-likeness (QED) is 0.682. The lowest BCUT2D eigenvalue weighted by molar-refractivity contribution is 0.158. The summed E-state index contributed by atoms with van der Waals surface area (Å²) in [5.41, 5.74) is 6.10. The van der Waals surface area contributed by atoms with Crippen molar-refractivity contribution >= 4 is 0 Å². The Morgan fingerprint density at radius 2 is 2.00 bits per heavy atom. The van der Waals surface area contributed by atoms with Crippen LogP contribution in [0.15, 0.2) is 0 Å². The molecule has 82 valence electrons. The molecule has 0 aromatic heterocycles. The van der Waals surface area contributed by atoms with Crippen molar-refractivity contribution in [3.63, 3.8) is 0 Å². The Morgan fingerprint density at radius 3 is 2.64 bits per heavy atom. The molecule has 0 spiro atoms. The van der Waals surface area contributed by atoms with Gasteiger partial charge in [0.1, 0.15) is 0 Å². The Hall–Kier alpha value is -0.120. The van der Waals surface area contributed by atoms with Gasteiger partial charge in [-0.3, -0.25) is 0 Å². The SMILES string of the molecule is NC1CCCCC1CN1CCC(O)C1. The summed E-state index contributed by atoms with van der Waals surface area (Å²) < 4.78 is 0. The number of aliphatic hydroxyl groups excluding tert-OH is 1. The summed E-state index contributed by atoms with van der Waals surface area (Å²) in [5.74, 6) is 0.675. The normalized spacial score (nSPS) is 40.3. The second-order valence-electron chi connectivity index (χ2n) is 4.91. The first-order valence-corrected chi connectivity index (χ1v) is 5.91. The molecule has 3 N–H and O–H groups in total. The Balaban J connectivity index is 1.78. The van der Waals surface area contributed by atoms with Crippen molar-refractivity contribution in [1.82, 2.24) is 4.90 Å². The van der Waals surface area contributed by atoms with Gasteiger partial charge in [-0.05, 0) is 25.2 Å². The van der Waals surface area contributed by atoms with Crippen LogP contribution in [0.1, 0.15) is 32.1 Å². The van der Waals surface area contributed by atoms with Gasteiger partial charge in [0.25, 0.3) is 0 Å². The van der Waals surface area contributed by atoms with Crippen LogP contribution in [0.3, 0.4) is 0 Å². The van der Waals surface area contributed by atoms with E-state index in [4.69, 9.17) is 5.73 Å². The minimum atomic E-state index is -0.0881. The second kappa shape index (κ2) is 4.60. The van der Waals surface area contributed by atoms with E-state index in [1.807, 2.05) is 0 Å². The standard InChI is InChI=1S/C11H22N2O/c12-11-4-2-1-3-9(11)7-13-6-5-10(14)8-13/h9-11,14H,1-8,12H2. The van der Waals surface area contributed by atoms with E-state index in [2.05, 4.69) is 4.90 Å². The summed E-state index contributed by atoms with van der Waals surface area (Å²) in [7, 11) is 0. The molecule has 2 aliphatic rings. The molecule has 3 heteroatoms. The molecule has 0 aromatic rings. The summed E-state index contributed by atoms with van der Waals surface area (Å²) in [4.78, 5) is 2.38. The molecule has 1 heterocycles. The van der Waals surface area contributed by atoms with Gasteiger partial charge in [-0.25, -0.2) is 0 Å². The van der Waals surface area contributed by atoms with Gasteiger partial charge in [0.05, 0.1) is 6.10 Å². The molecule has 1 saturated carbocycles. The molecule has 2 fully saturated rings. The summed E-state index contributed by atoms with van der Waals surface area (Å²) in [5, 5.41) is 9.42. The van der Waals surface area contributed by atoms with Crippen molar-refractivity contribution in [2.75, 3.05) is 19.6 Å². The number of likely N-dealkylation sites (tertiary alicyclic amines) is 1. The largest absolute Gasteiger partial charge is 0.392 e. The third kappa shape index (κ3) is 2.47. The maximum absolute atomic E-state index is 9.42. The first-order valence-electron chi connectivity index (χ1n) is 5.91. The third-order valence-electron chi connectivity index (χ3n) is 3.71. The minimum Gasteiger partial charge on any atom is -0.392 e. The van der Waals surface area contributed by atoms with Crippen LogP contribution in [0.5, 0.6) is 0 Å². The Bertz CT molecular complexity index is 186. The molecule has 3 unspecified atom stereocenters. The molecule has 1 aliphatic heterocycles. The number of rotatable bonds is 2. The van der Waals surface area contributed by atoms with Gasteiger partial charge >= 0.3 is 0 Å². The monoisotopic (exact) mass is 198 g/mol. The number of β-amino-alcohol motifs (C(OH)–C–C–N with tert-alkyl or cyclic N) is 1. The zero-order valence-corrected chi connectivity index (χ0v) is 8.86. The topological polar surface area (TPSA) is 49.5 Å². The maximum Gasteiger partial charge on any atom is 0.0679 e. The van der Waals surface area contributed by atoms with Crippen molar-refractivity contribution in [2.45, 2.75) is 44.2 Å². The van der Waals surface area contributed by atoms with Gasteiger partial charge in [0, 0.05) is 25.7 Å². The predicted molar refractivity (Wildman–Crippen MR) is 57.0 cm³/mol. The van der Waals surface area contributed by atoms with Gasteiger partial charge in [-0.1, -0.05) is 12.8 Å². The number of nitrogens with zero attached hydrogens (tertiary/aromatic N) is 1. The minimum absolute atomic E-state index is 0.0881. The molecule has 0 radical (unpaired) electrons. The lowest BCUT2D eigenvalue weighted by atomic mass is 9.85. The molecule has 1 saturated heterocycles.